The van der Waals surface area contributed by atoms with E-state index >= 15 is 0 Å². The molecule has 104 valence electrons. The number of nitrogens with zero attached hydrogens (tertiary/aromatic N) is 1. The van der Waals surface area contributed by atoms with Gasteiger partial charge in [-0.15, -0.1) is 0 Å². The molecule has 0 aliphatic heterocycles. The van der Waals surface area contributed by atoms with Crippen LogP contribution in [-0.2, 0) is 6.54 Å². The van der Waals surface area contributed by atoms with Gasteiger partial charge in [0.05, 0.1) is 10.6 Å². The van der Waals surface area contributed by atoms with Gasteiger partial charge in [0.25, 0.3) is 5.91 Å². The second-order valence-electron chi connectivity index (χ2n) is 4.43. The lowest BCUT2D eigenvalue weighted by Gasteiger charge is -2.18. The number of carbonyl (C=O) groups excluding carboxylic acids is 1. The first-order valence-electron chi connectivity index (χ1n) is 5.96. The maximum absolute atomic E-state index is 13.8. The average molecular weight is 294 g/mol. The molecule has 0 aromatic heterocycles. The molecule has 1 amide bonds. The zero-order valence-corrected chi connectivity index (χ0v) is 11.6. The Kier molecular flexibility index (Phi) is 4.25. The molecule has 0 heterocycles. The van der Waals surface area contributed by atoms with E-state index in [9.17, 15) is 14.3 Å². The molecule has 2 aromatic carbocycles. The molecule has 0 aliphatic rings. The quantitative estimate of drug-likeness (QED) is 0.941. The van der Waals surface area contributed by atoms with Gasteiger partial charge in [0.15, 0.2) is 5.82 Å². The van der Waals surface area contributed by atoms with Crippen LogP contribution in [0.4, 0.5) is 4.39 Å². The second-order valence-corrected chi connectivity index (χ2v) is 4.84. The molecule has 0 saturated heterocycles. The normalized spacial score (nSPS) is 10.3. The molecule has 20 heavy (non-hydrogen) atoms. The molecule has 0 fully saturated rings. The summed E-state index contributed by atoms with van der Waals surface area (Å²) in [7, 11) is 1.58. The Balaban J connectivity index is 2.16. The van der Waals surface area contributed by atoms with E-state index < -0.39 is 11.7 Å². The van der Waals surface area contributed by atoms with Crippen molar-refractivity contribution in [3.05, 3.63) is 64.4 Å². The molecule has 0 unspecified atom stereocenters. The summed E-state index contributed by atoms with van der Waals surface area (Å²) < 4.78 is 13.8. The van der Waals surface area contributed by atoms with Gasteiger partial charge in [-0.25, -0.2) is 4.39 Å². The van der Waals surface area contributed by atoms with Crippen LogP contribution in [0.2, 0.25) is 5.02 Å². The highest BCUT2D eigenvalue weighted by Gasteiger charge is 2.18. The van der Waals surface area contributed by atoms with Gasteiger partial charge in [-0.2, -0.15) is 0 Å². The summed E-state index contributed by atoms with van der Waals surface area (Å²) in [5, 5.41) is 9.13. The molecule has 1 N–H and O–H groups in total. The molecule has 5 heteroatoms. The third-order valence-corrected chi connectivity index (χ3v) is 3.18. The molecule has 2 rings (SSSR count). The van der Waals surface area contributed by atoms with E-state index in [1.807, 2.05) is 0 Å². The number of aromatic hydroxyl groups is 1. The second kappa shape index (κ2) is 5.92. The topological polar surface area (TPSA) is 40.5 Å². The van der Waals surface area contributed by atoms with Crippen molar-refractivity contribution in [3.8, 4) is 5.75 Å². The minimum Gasteiger partial charge on any atom is -0.508 e. The lowest BCUT2D eigenvalue weighted by molar-refractivity contribution is 0.0780. The Hall–Kier alpha value is -2.07. The number of hydrogen-bond donors (Lipinski definition) is 1. The van der Waals surface area contributed by atoms with E-state index in [1.165, 1.54) is 35.2 Å². The fourth-order valence-corrected chi connectivity index (χ4v) is 2.00. The Morgan fingerprint density at radius 1 is 1.25 bits per heavy atom. The summed E-state index contributed by atoms with van der Waals surface area (Å²) in [5.41, 5.74) is 0.778. The van der Waals surface area contributed by atoms with Gasteiger partial charge >= 0.3 is 0 Å². The summed E-state index contributed by atoms with van der Waals surface area (Å²) in [6, 6.07) is 10.8. The van der Waals surface area contributed by atoms with Crippen molar-refractivity contribution >= 4 is 17.5 Å². The van der Waals surface area contributed by atoms with Crippen molar-refractivity contribution in [2.24, 2.45) is 0 Å². The number of phenols is 1. The van der Waals surface area contributed by atoms with Crippen LogP contribution in [0.3, 0.4) is 0 Å². The van der Waals surface area contributed by atoms with Crippen molar-refractivity contribution in [2.45, 2.75) is 6.54 Å². The fourth-order valence-electron chi connectivity index (χ4n) is 1.82. The first-order valence-corrected chi connectivity index (χ1v) is 6.34. The van der Waals surface area contributed by atoms with Crippen LogP contribution in [0.25, 0.3) is 0 Å². The smallest absolute Gasteiger partial charge is 0.256 e. The summed E-state index contributed by atoms with van der Waals surface area (Å²) >= 11 is 5.67. The predicted molar refractivity (Wildman–Crippen MR) is 75.3 cm³/mol. The Bertz CT molecular complexity index is 628. The van der Waals surface area contributed by atoms with Gasteiger partial charge in [-0.05, 0) is 29.8 Å². The number of carbonyl (C=O) groups is 1. The molecule has 0 saturated carbocycles. The lowest BCUT2D eigenvalue weighted by Crippen LogP contribution is -2.27. The zero-order chi connectivity index (χ0) is 14.7. The number of hydrogen-bond acceptors (Lipinski definition) is 2. The first kappa shape index (κ1) is 14.3. The highest BCUT2D eigenvalue weighted by Crippen LogP contribution is 2.20. The Labute approximate surface area is 121 Å². The van der Waals surface area contributed by atoms with Gasteiger partial charge in [0, 0.05) is 13.6 Å². The standard InChI is InChI=1S/C15H13ClFNO2/c1-18(9-10-5-7-11(19)8-6-10)15(20)12-3-2-4-13(16)14(12)17/h2-8,19H,9H2,1H3. The van der Waals surface area contributed by atoms with Gasteiger partial charge in [-0.3, -0.25) is 4.79 Å². The van der Waals surface area contributed by atoms with E-state index in [1.54, 1.807) is 19.2 Å². The Morgan fingerprint density at radius 3 is 2.55 bits per heavy atom. The average Bonchev–Trinajstić information content (AvgIpc) is 2.43. The molecule has 0 radical (unpaired) electrons. The number of phenolic OH excluding ortho intramolecular Hbond substituents is 1. The minimum absolute atomic E-state index is 0.0567. The molecule has 0 spiro atoms. The van der Waals surface area contributed by atoms with E-state index in [0.29, 0.717) is 6.54 Å². The van der Waals surface area contributed by atoms with Gasteiger partial charge in [0.1, 0.15) is 5.75 Å². The van der Waals surface area contributed by atoms with Crippen LogP contribution >= 0.6 is 11.6 Å². The number of amides is 1. The van der Waals surface area contributed by atoms with Crippen molar-refractivity contribution in [2.75, 3.05) is 7.05 Å². The van der Waals surface area contributed by atoms with Crippen LogP contribution in [0.5, 0.6) is 5.75 Å². The molecule has 2 aromatic rings. The summed E-state index contributed by atoms with van der Waals surface area (Å²) in [5.74, 6) is -1.00. The highest BCUT2D eigenvalue weighted by molar-refractivity contribution is 6.31. The van der Waals surface area contributed by atoms with Crippen molar-refractivity contribution in [1.82, 2.24) is 4.90 Å². The lowest BCUT2D eigenvalue weighted by atomic mass is 10.1. The van der Waals surface area contributed by atoms with Gasteiger partial charge < -0.3 is 10.0 Å². The minimum atomic E-state index is -0.711. The zero-order valence-electron chi connectivity index (χ0n) is 10.8. The van der Waals surface area contributed by atoms with Crippen LogP contribution in [0, 0.1) is 5.82 Å². The van der Waals surface area contributed by atoms with Crippen LogP contribution in [0.15, 0.2) is 42.5 Å². The fraction of sp³-hybridized carbons (Fsp3) is 0.133. The highest BCUT2D eigenvalue weighted by atomic mass is 35.5. The molecular weight excluding hydrogens is 281 g/mol. The maximum atomic E-state index is 13.8. The van der Waals surface area contributed by atoms with E-state index in [-0.39, 0.29) is 16.3 Å². The predicted octanol–water partition coefficient (Wildman–Crippen LogP) is 3.46. The molecular formula is C15H13ClFNO2. The number of rotatable bonds is 3. The third-order valence-electron chi connectivity index (χ3n) is 2.88. The molecule has 3 nitrogen and oxygen atoms in total. The summed E-state index contributed by atoms with van der Waals surface area (Å²) in [6.45, 7) is 0.311. The summed E-state index contributed by atoms with van der Waals surface area (Å²) in [4.78, 5) is 13.6. The largest absolute Gasteiger partial charge is 0.508 e. The van der Waals surface area contributed by atoms with Crippen LogP contribution < -0.4 is 0 Å². The molecule has 0 atom stereocenters. The van der Waals surface area contributed by atoms with Crippen molar-refractivity contribution < 1.29 is 14.3 Å². The van der Waals surface area contributed by atoms with Crippen molar-refractivity contribution in [3.63, 3.8) is 0 Å². The monoisotopic (exact) mass is 293 g/mol. The van der Waals surface area contributed by atoms with E-state index in [0.717, 1.165) is 5.56 Å². The van der Waals surface area contributed by atoms with Crippen molar-refractivity contribution in [1.29, 1.82) is 0 Å². The maximum Gasteiger partial charge on any atom is 0.256 e. The van der Waals surface area contributed by atoms with Crippen LogP contribution in [0.1, 0.15) is 15.9 Å². The van der Waals surface area contributed by atoms with E-state index in [4.69, 9.17) is 11.6 Å². The van der Waals surface area contributed by atoms with E-state index in [2.05, 4.69) is 0 Å². The molecule has 0 aliphatic carbocycles. The van der Waals surface area contributed by atoms with Crippen LogP contribution in [-0.4, -0.2) is 23.0 Å². The molecule has 0 bridgehead atoms. The number of halogens is 2. The number of benzene rings is 2. The summed E-state index contributed by atoms with van der Waals surface area (Å²) in [6.07, 6.45) is 0. The third kappa shape index (κ3) is 3.08. The Morgan fingerprint density at radius 2 is 1.90 bits per heavy atom. The SMILES string of the molecule is CN(Cc1ccc(O)cc1)C(=O)c1cccc(Cl)c1F. The van der Waals surface area contributed by atoms with Gasteiger partial charge in [-0.1, -0.05) is 29.8 Å². The van der Waals surface area contributed by atoms with Gasteiger partial charge in [0.2, 0.25) is 0 Å². The first-order chi connectivity index (χ1) is 9.49.